The van der Waals surface area contributed by atoms with Gasteiger partial charge < -0.3 is 9.47 Å². The van der Waals surface area contributed by atoms with Crippen molar-refractivity contribution in [2.75, 3.05) is 12.4 Å². The number of rotatable bonds is 9. The van der Waals surface area contributed by atoms with Crippen LogP contribution in [0.15, 0.2) is 52.7 Å². The van der Waals surface area contributed by atoms with Crippen molar-refractivity contribution in [2.45, 2.75) is 30.4 Å². The summed E-state index contributed by atoms with van der Waals surface area (Å²) in [5, 5.41) is 4.40. The van der Waals surface area contributed by atoms with Gasteiger partial charge in [0.25, 0.3) is 5.91 Å². The Bertz CT molecular complexity index is 1280. The summed E-state index contributed by atoms with van der Waals surface area (Å²) in [7, 11) is -2.51. The fraction of sp³-hybridized carbons (Fsp3) is 0.238. The molecule has 174 valence electrons. The average molecular weight is 496 g/mol. The Morgan fingerprint density at radius 2 is 1.94 bits per heavy atom. The molecular weight excluding hydrogens is 476 g/mol. The molecule has 0 aliphatic heterocycles. The van der Waals surface area contributed by atoms with Crippen molar-refractivity contribution in [3.8, 4) is 22.8 Å². The normalized spacial score (nSPS) is 13.7. The Kier molecular flexibility index (Phi) is 6.58. The first kappa shape index (κ1) is 23.1. The molecule has 0 atom stereocenters. The first-order valence-electron chi connectivity index (χ1n) is 9.78. The number of amides is 1. The van der Waals surface area contributed by atoms with Gasteiger partial charge in [-0.3, -0.25) is 10.1 Å². The third kappa shape index (κ3) is 5.46. The zero-order valence-electron chi connectivity index (χ0n) is 17.2. The lowest BCUT2D eigenvalue weighted by molar-refractivity contribution is -0.0494. The SMILES string of the molecule is COc1ccc(C(=O)Nc2nc(-c3ccccc3OC(F)F)cs2)cc1S(=O)(=O)NC1CC1. The summed E-state index contributed by atoms with van der Waals surface area (Å²) >= 11 is 1.09. The number of methoxy groups -OCH3 is 1. The lowest BCUT2D eigenvalue weighted by Gasteiger charge is -2.12. The molecule has 2 N–H and O–H groups in total. The van der Waals surface area contributed by atoms with Crippen molar-refractivity contribution >= 4 is 32.4 Å². The molecule has 8 nitrogen and oxygen atoms in total. The van der Waals surface area contributed by atoms with Crippen LogP contribution in [0.2, 0.25) is 0 Å². The third-order valence-corrected chi connectivity index (χ3v) is 7.02. The minimum Gasteiger partial charge on any atom is -0.495 e. The monoisotopic (exact) mass is 495 g/mol. The van der Waals surface area contributed by atoms with Gasteiger partial charge in [0.15, 0.2) is 5.13 Å². The number of aromatic nitrogens is 1. The van der Waals surface area contributed by atoms with Gasteiger partial charge in [0.1, 0.15) is 16.4 Å². The van der Waals surface area contributed by atoms with Crippen molar-refractivity contribution < 1.29 is 31.5 Å². The van der Waals surface area contributed by atoms with Crippen LogP contribution in [-0.2, 0) is 10.0 Å². The van der Waals surface area contributed by atoms with Gasteiger partial charge >= 0.3 is 6.61 Å². The zero-order valence-corrected chi connectivity index (χ0v) is 18.9. The second-order valence-electron chi connectivity index (χ2n) is 7.13. The van der Waals surface area contributed by atoms with Crippen molar-refractivity contribution in [1.29, 1.82) is 0 Å². The van der Waals surface area contributed by atoms with E-state index in [1.165, 1.54) is 31.4 Å². The van der Waals surface area contributed by atoms with Gasteiger partial charge in [0.2, 0.25) is 10.0 Å². The highest BCUT2D eigenvalue weighted by Crippen LogP contribution is 2.33. The summed E-state index contributed by atoms with van der Waals surface area (Å²) in [6.45, 7) is -2.99. The van der Waals surface area contributed by atoms with E-state index in [9.17, 15) is 22.0 Å². The average Bonchev–Trinajstić information content (AvgIpc) is 3.46. The van der Waals surface area contributed by atoms with Crippen molar-refractivity contribution in [2.24, 2.45) is 0 Å². The van der Waals surface area contributed by atoms with Crippen LogP contribution in [0.4, 0.5) is 13.9 Å². The highest BCUT2D eigenvalue weighted by atomic mass is 32.2. The molecule has 0 unspecified atom stereocenters. The number of halogens is 2. The molecule has 0 spiro atoms. The Labute approximate surface area is 192 Å². The molecule has 0 radical (unpaired) electrons. The van der Waals surface area contributed by atoms with Crippen LogP contribution in [-0.4, -0.2) is 39.1 Å². The van der Waals surface area contributed by atoms with Gasteiger partial charge in [0.05, 0.1) is 12.8 Å². The maximum absolute atomic E-state index is 12.8. The molecule has 3 aromatic rings. The Morgan fingerprint density at radius 1 is 1.18 bits per heavy atom. The van der Waals surface area contributed by atoms with Crippen LogP contribution >= 0.6 is 11.3 Å². The van der Waals surface area contributed by atoms with Crippen LogP contribution in [0.3, 0.4) is 0 Å². The highest BCUT2D eigenvalue weighted by Gasteiger charge is 2.30. The van der Waals surface area contributed by atoms with Gasteiger partial charge in [-0.05, 0) is 43.2 Å². The number of para-hydroxylation sites is 1. The molecule has 2 aromatic carbocycles. The summed E-state index contributed by atoms with van der Waals surface area (Å²) < 4.78 is 62.9. The first-order valence-corrected chi connectivity index (χ1v) is 12.1. The predicted molar refractivity (Wildman–Crippen MR) is 118 cm³/mol. The molecule has 1 aliphatic rings. The van der Waals surface area contributed by atoms with E-state index in [0.717, 1.165) is 24.2 Å². The summed E-state index contributed by atoms with van der Waals surface area (Å²) in [5.41, 5.74) is 0.780. The molecule has 33 heavy (non-hydrogen) atoms. The molecule has 0 bridgehead atoms. The van der Waals surface area contributed by atoms with Crippen molar-refractivity contribution in [3.63, 3.8) is 0 Å². The van der Waals surface area contributed by atoms with E-state index in [-0.39, 0.29) is 33.1 Å². The Balaban J connectivity index is 1.55. The Morgan fingerprint density at radius 3 is 2.64 bits per heavy atom. The number of benzene rings is 2. The van der Waals surface area contributed by atoms with Crippen LogP contribution in [0.1, 0.15) is 23.2 Å². The molecule has 1 aliphatic carbocycles. The number of carbonyl (C=O) groups is 1. The molecule has 1 amide bonds. The summed E-state index contributed by atoms with van der Waals surface area (Å²) in [6.07, 6.45) is 1.53. The van der Waals surface area contributed by atoms with E-state index in [4.69, 9.17) is 4.74 Å². The van der Waals surface area contributed by atoms with Gasteiger partial charge in [-0.15, -0.1) is 11.3 Å². The molecule has 0 saturated heterocycles. The summed E-state index contributed by atoms with van der Waals surface area (Å²) in [5.74, 6) is -0.505. The van der Waals surface area contributed by atoms with E-state index in [0.29, 0.717) is 11.3 Å². The first-order chi connectivity index (χ1) is 15.8. The molecule has 4 rings (SSSR count). The molecule has 1 fully saturated rings. The van der Waals surface area contributed by atoms with Gasteiger partial charge in [-0.1, -0.05) is 12.1 Å². The van der Waals surface area contributed by atoms with Gasteiger partial charge in [-0.25, -0.2) is 18.1 Å². The number of ether oxygens (including phenoxy) is 2. The smallest absolute Gasteiger partial charge is 0.387 e. The summed E-state index contributed by atoms with van der Waals surface area (Å²) in [6, 6.07) is 10.2. The van der Waals surface area contributed by atoms with E-state index >= 15 is 0 Å². The number of nitrogens with zero attached hydrogens (tertiary/aromatic N) is 1. The topological polar surface area (TPSA) is 107 Å². The number of hydrogen-bond donors (Lipinski definition) is 2. The molecule has 1 heterocycles. The predicted octanol–water partition coefficient (Wildman–Crippen LogP) is 4.11. The molecule has 1 aromatic heterocycles. The van der Waals surface area contributed by atoms with Crippen molar-refractivity contribution in [3.05, 3.63) is 53.4 Å². The van der Waals surface area contributed by atoms with E-state index < -0.39 is 22.5 Å². The molecule has 12 heteroatoms. The number of alkyl halides is 2. The van der Waals surface area contributed by atoms with Crippen LogP contribution in [0, 0.1) is 0 Å². The fourth-order valence-electron chi connectivity index (χ4n) is 3.01. The number of hydrogen-bond acceptors (Lipinski definition) is 7. The van der Waals surface area contributed by atoms with Crippen LogP contribution in [0.5, 0.6) is 11.5 Å². The van der Waals surface area contributed by atoms with E-state index in [1.807, 2.05) is 0 Å². The number of anilines is 1. The van der Waals surface area contributed by atoms with Gasteiger partial charge in [-0.2, -0.15) is 8.78 Å². The number of thiazole rings is 1. The minimum atomic E-state index is -3.86. The van der Waals surface area contributed by atoms with E-state index in [2.05, 4.69) is 19.8 Å². The van der Waals surface area contributed by atoms with Gasteiger partial charge in [0, 0.05) is 22.5 Å². The van der Waals surface area contributed by atoms with Crippen LogP contribution in [0.25, 0.3) is 11.3 Å². The second-order valence-corrected chi connectivity index (χ2v) is 9.67. The van der Waals surface area contributed by atoms with E-state index in [1.54, 1.807) is 23.6 Å². The lowest BCUT2D eigenvalue weighted by atomic mass is 10.1. The highest BCUT2D eigenvalue weighted by molar-refractivity contribution is 7.89. The van der Waals surface area contributed by atoms with Crippen molar-refractivity contribution in [1.82, 2.24) is 9.71 Å². The number of sulfonamides is 1. The quantitative estimate of drug-likeness (QED) is 0.463. The largest absolute Gasteiger partial charge is 0.495 e. The zero-order chi connectivity index (χ0) is 23.6. The molecule has 1 saturated carbocycles. The Hall–Kier alpha value is -3.09. The standard InChI is InChI=1S/C21H19F2N3O5S2/c1-30-17-9-6-12(10-18(17)33(28,29)26-13-7-8-13)19(27)25-21-24-15(11-32-21)14-4-2-3-5-16(14)31-20(22)23/h2-6,9-11,13,20,26H,7-8H2,1H3,(H,24,25,27). The second kappa shape index (κ2) is 9.41. The lowest BCUT2D eigenvalue weighted by Crippen LogP contribution is -2.26. The minimum absolute atomic E-state index is 0.0381. The maximum Gasteiger partial charge on any atom is 0.387 e. The fourth-order valence-corrected chi connectivity index (χ4v) is 5.22. The maximum atomic E-state index is 12.8. The molecular formula is C21H19F2N3O5S2. The van der Waals surface area contributed by atoms with Crippen LogP contribution < -0.4 is 19.5 Å². The summed E-state index contributed by atoms with van der Waals surface area (Å²) in [4.78, 5) is 16.9. The number of nitrogens with one attached hydrogen (secondary N) is 2. The number of carbonyl (C=O) groups excluding carboxylic acids is 1. The third-order valence-electron chi connectivity index (χ3n) is 4.72.